The molecular weight excluding hydrogens is 306 g/mol. The molecule has 3 N–H and O–H groups in total. The lowest BCUT2D eigenvalue weighted by Crippen LogP contribution is -2.11. The predicted molar refractivity (Wildman–Crippen MR) is 90.9 cm³/mol. The average molecular weight is 323 g/mol. The van der Waals surface area contributed by atoms with Crippen molar-refractivity contribution < 1.29 is 14.1 Å². The number of carbonyl (C=O) groups excluding carboxylic acids is 1. The quantitative estimate of drug-likeness (QED) is 0.728. The summed E-state index contributed by atoms with van der Waals surface area (Å²) >= 11 is 0. The van der Waals surface area contributed by atoms with Gasteiger partial charge in [-0.05, 0) is 41.6 Å². The summed E-state index contributed by atoms with van der Waals surface area (Å²) in [5.41, 5.74) is 7.52. The van der Waals surface area contributed by atoms with E-state index in [0.29, 0.717) is 36.0 Å². The molecule has 24 heavy (non-hydrogen) atoms. The molecule has 2 aromatic carbocycles. The zero-order valence-corrected chi connectivity index (χ0v) is 12.9. The number of hydrogen-bond acceptors (Lipinski definition) is 5. The molecule has 0 aliphatic carbocycles. The van der Waals surface area contributed by atoms with E-state index in [-0.39, 0.29) is 5.91 Å². The summed E-state index contributed by atoms with van der Waals surface area (Å²) < 4.78 is 10.5. The second-order valence-corrected chi connectivity index (χ2v) is 5.06. The fourth-order valence-corrected chi connectivity index (χ4v) is 2.14. The van der Waals surface area contributed by atoms with Crippen molar-refractivity contribution in [1.29, 1.82) is 0 Å². The minimum atomic E-state index is -0.152. The van der Waals surface area contributed by atoms with E-state index in [2.05, 4.69) is 10.5 Å². The Morgan fingerprint density at radius 3 is 2.58 bits per heavy atom. The van der Waals surface area contributed by atoms with Crippen LogP contribution >= 0.6 is 0 Å². The van der Waals surface area contributed by atoms with Crippen molar-refractivity contribution in [2.75, 3.05) is 18.5 Å². The lowest BCUT2D eigenvalue weighted by molar-refractivity contribution is 0.102. The van der Waals surface area contributed by atoms with Gasteiger partial charge in [0.2, 0.25) is 0 Å². The maximum atomic E-state index is 12.1. The van der Waals surface area contributed by atoms with Gasteiger partial charge in [0.25, 0.3) is 11.8 Å². The molecule has 122 valence electrons. The molecule has 0 fully saturated rings. The van der Waals surface area contributed by atoms with E-state index in [1.54, 1.807) is 30.3 Å². The Bertz CT molecular complexity index is 798. The topological polar surface area (TPSA) is 90.4 Å². The summed E-state index contributed by atoms with van der Waals surface area (Å²) in [5, 5.41) is 6.66. The predicted octanol–water partition coefficient (Wildman–Crippen LogP) is 2.93. The molecule has 6 nitrogen and oxygen atoms in total. The van der Waals surface area contributed by atoms with Crippen LogP contribution in [-0.4, -0.2) is 24.2 Å². The molecule has 1 amide bonds. The number of benzene rings is 2. The number of anilines is 1. The van der Waals surface area contributed by atoms with Crippen LogP contribution in [0.3, 0.4) is 0 Å². The van der Waals surface area contributed by atoms with Gasteiger partial charge in [-0.1, -0.05) is 18.2 Å². The molecular formula is C18H17N3O3. The Labute approximate surface area is 139 Å². The van der Waals surface area contributed by atoms with Gasteiger partial charge in [-0.2, -0.15) is 0 Å². The van der Waals surface area contributed by atoms with Gasteiger partial charge < -0.3 is 20.3 Å². The summed E-state index contributed by atoms with van der Waals surface area (Å²) in [6, 6.07) is 18.0. The Balaban J connectivity index is 1.67. The minimum absolute atomic E-state index is 0.152. The largest absolute Gasteiger partial charge is 0.474 e. The third-order valence-electron chi connectivity index (χ3n) is 3.32. The van der Waals surface area contributed by atoms with Gasteiger partial charge >= 0.3 is 0 Å². The molecule has 0 aliphatic rings. The third-order valence-corrected chi connectivity index (χ3v) is 3.32. The summed E-state index contributed by atoms with van der Waals surface area (Å²) in [7, 11) is 0. The van der Waals surface area contributed by atoms with Crippen molar-refractivity contribution in [3.63, 3.8) is 0 Å². The SMILES string of the molecule is NCCOc1cc(-c2ccc(NC(=O)c3ccccc3)cc2)on1. The zero-order chi connectivity index (χ0) is 16.8. The summed E-state index contributed by atoms with van der Waals surface area (Å²) in [6.45, 7) is 0.800. The number of nitrogens with one attached hydrogen (secondary N) is 1. The highest BCUT2D eigenvalue weighted by Gasteiger charge is 2.09. The van der Waals surface area contributed by atoms with Crippen molar-refractivity contribution in [3.8, 4) is 17.2 Å². The minimum Gasteiger partial charge on any atom is -0.474 e. The van der Waals surface area contributed by atoms with E-state index >= 15 is 0 Å². The molecule has 0 aliphatic heterocycles. The Kier molecular flexibility index (Phi) is 4.88. The summed E-state index contributed by atoms with van der Waals surface area (Å²) in [4.78, 5) is 12.1. The molecule has 0 radical (unpaired) electrons. The van der Waals surface area contributed by atoms with Gasteiger partial charge in [-0.3, -0.25) is 4.79 Å². The van der Waals surface area contributed by atoms with Crippen LogP contribution in [0.1, 0.15) is 10.4 Å². The number of carbonyl (C=O) groups is 1. The van der Waals surface area contributed by atoms with Crippen LogP contribution in [0.4, 0.5) is 5.69 Å². The van der Waals surface area contributed by atoms with Gasteiger partial charge in [0.1, 0.15) is 6.61 Å². The van der Waals surface area contributed by atoms with E-state index < -0.39 is 0 Å². The van der Waals surface area contributed by atoms with Gasteiger partial charge in [-0.25, -0.2) is 0 Å². The number of ether oxygens (including phenoxy) is 1. The number of amides is 1. The normalized spacial score (nSPS) is 10.4. The van der Waals surface area contributed by atoms with E-state index in [4.69, 9.17) is 15.0 Å². The average Bonchev–Trinajstić information content (AvgIpc) is 3.10. The first kappa shape index (κ1) is 15.8. The van der Waals surface area contributed by atoms with Crippen molar-refractivity contribution in [2.45, 2.75) is 0 Å². The highest BCUT2D eigenvalue weighted by molar-refractivity contribution is 6.04. The van der Waals surface area contributed by atoms with Crippen LogP contribution in [0.2, 0.25) is 0 Å². The number of aromatic nitrogens is 1. The van der Waals surface area contributed by atoms with E-state index in [9.17, 15) is 4.79 Å². The third kappa shape index (κ3) is 3.80. The highest BCUT2D eigenvalue weighted by atomic mass is 16.5. The second-order valence-electron chi connectivity index (χ2n) is 5.06. The van der Waals surface area contributed by atoms with Crippen LogP contribution in [0.5, 0.6) is 5.88 Å². The van der Waals surface area contributed by atoms with Crippen LogP contribution in [-0.2, 0) is 0 Å². The number of rotatable bonds is 6. The van der Waals surface area contributed by atoms with Crippen molar-refractivity contribution in [3.05, 3.63) is 66.2 Å². The first-order valence-corrected chi connectivity index (χ1v) is 7.52. The molecule has 6 heteroatoms. The molecule has 0 unspecified atom stereocenters. The Morgan fingerprint density at radius 1 is 1.12 bits per heavy atom. The van der Waals surface area contributed by atoms with Crippen molar-refractivity contribution in [1.82, 2.24) is 5.16 Å². The standard InChI is InChI=1S/C18H17N3O3/c19-10-11-23-17-12-16(24-21-17)13-6-8-15(9-7-13)20-18(22)14-4-2-1-3-5-14/h1-9,12H,10-11,19H2,(H,20,22). The lowest BCUT2D eigenvalue weighted by atomic mass is 10.1. The number of nitrogens with two attached hydrogens (primary N) is 1. The molecule has 1 heterocycles. The maximum absolute atomic E-state index is 12.1. The zero-order valence-electron chi connectivity index (χ0n) is 12.9. The first-order chi connectivity index (χ1) is 11.8. The molecule has 3 aromatic rings. The summed E-state index contributed by atoms with van der Waals surface area (Å²) in [6.07, 6.45) is 0. The van der Waals surface area contributed by atoms with Gasteiger partial charge in [0, 0.05) is 29.4 Å². The van der Waals surface area contributed by atoms with E-state index in [1.807, 2.05) is 30.3 Å². The molecule has 0 saturated carbocycles. The Morgan fingerprint density at radius 2 is 1.88 bits per heavy atom. The van der Waals surface area contributed by atoms with Crippen LogP contribution in [0, 0.1) is 0 Å². The second kappa shape index (κ2) is 7.43. The number of hydrogen-bond donors (Lipinski definition) is 2. The number of nitrogens with zero attached hydrogens (tertiary/aromatic N) is 1. The Hall–Kier alpha value is -3.12. The fraction of sp³-hybridized carbons (Fsp3) is 0.111. The van der Waals surface area contributed by atoms with Crippen LogP contribution in [0.15, 0.2) is 65.2 Å². The van der Waals surface area contributed by atoms with Crippen molar-refractivity contribution >= 4 is 11.6 Å². The van der Waals surface area contributed by atoms with Gasteiger partial charge in [0.15, 0.2) is 5.76 Å². The molecule has 0 atom stereocenters. The van der Waals surface area contributed by atoms with E-state index in [0.717, 1.165) is 5.56 Å². The monoisotopic (exact) mass is 323 g/mol. The van der Waals surface area contributed by atoms with Crippen LogP contribution in [0.25, 0.3) is 11.3 Å². The highest BCUT2D eigenvalue weighted by Crippen LogP contribution is 2.25. The molecule has 1 aromatic heterocycles. The van der Waals surface area contributed by atoms with Crippen molar-refractivity contribution in [2.24, 2.45) is 5.73 Å². The lowest BCUT2D eigenvalue weighted by Gasteiger charge is -2.05. The molecule has 3 rings (SSSR count). The van der Waals surface area contributed by atoms with E-state index in [1.165, 1.54) is 0 Å². The van der Waals surface area contributed by atoms with Gasteiger partial charge in [-0.15, -0.1) is 0 Å². The summed E-state index contributed by atoms with van der Waals surface area (Å²) in [5.74, 6) is 0.834. The fourth-order valence-electron chi connectivity index (χ4n) is 2.14. The first-order valence-electron chi connectivity index (χ1n) is 7.52. The molecule has 0 spiro atoms. The molecule has 0 bridgehead atoms. The van der Waals surface area contributed by atoms with Gasteiger partial charge in [0.05, 0.1) is 0 Å². The smallest absolute Gasteiger partial charge is 0.255 e. The van der Waals surface area contributed by atoms with Crippen LogP contribution < -0.4 is 15.8 Å². The maximum Gasteiger partial charge on any atom is 0.255 e. The molecule has 0 saturated heterocycles.